The van der Waals surface area contributed by atoms with E-state index in [-0.39, 0.29) is 5.69 Å². The van der Waals surface area contributed by atoms with Gasteiger partial charge in [0, 0.05) is 6.54 Å². The number of carbonyl (C=O) groups excluding carboxylic acids is 1. The third-order valence-corrected chi connectivity index (χ3v) is 3.11. The number of benzene rings is 1. The molecule has 0 saturated carbocycles. The number of rotatable bonds is 6. The maximum absolute atomic E-state index is 13.5. The largest absolute Gasteiger partial charge is 0.369 e. The number of hydrogen-bond donors (Lipinski definition) is 2. The highest BCUT2D eigenvalue weighted by molar-refractivity contribution is 6.02. The molecule has 1 aromatic carbocycles. The third kappa shape index (κ3) is 4.70. The average Bonchev–Trinajstić information content (AvgIpc) is 2.51. The predicted molar refractivity (Wildman–Crippen MR) is 84.3 cm³/mol. The lowest BCUT2D eigenvalue weighted by Crippen LogP contribution is -2.16. The lowest BCUT2D eigenvalue weighted by molar-refractivity contribution is 0.102. The van der Waals surface area contributed by atoms with Gasteiger partial charge >= 0.3 is 0 Å². The van der Waals surface area contributed by atoms with Gasteiger partial charge in [-0.15, -0.1) is 0 Å². The van der Waals surface area contributed by atoms with Gasteiger partial charge in [-0.2, -0.15) is 0 Å². The Morgan fingerprint density at radius 3 is 2.43 bits per heavy atom. The first-order valence-corrected chi connectivity index (χ1v) is 7.28. The number of nitrogens with one attached hydrogen (secondary N) is 2. The number of halogens is 2. The van der Waals surface area contributed by atoms with Gasteiger partial charge in [0.1, 0.15) is 28.8 Å². The molecule has 5 nitrogen and oxygen atoms in total. The first-order chi connectivity index (χ1) is 11.0. The van der Waals surface area contributed by atoms with E-state index in [2.05, 4.69) is 34.4 Å². The van der Waals surface area contributed by atoms with Crippen molar-refractivity contribution in [1.82, 2.24) is 9.97 Å². The SMILES string of the molecule is CC(C)CCNc1cnc(C(=O)Nc2c(F)cccc2F)cn1. The molecule has 122 valence electrons. The van der Waals surface area contributed by atoms with Crippen molar-refractivity contribution >= 4 is 17.4 Å². The van der Waals surface area contributed by atoms with Crippen LogP contribution in [0.4, 0.5) is 20.3 Å². The van der Waals surface area contributed by atoms with Gasteiger partial charge in [0.05, 0.1) is 12.4 Å². The fourth-order valence-corrected chi connectivity index (χ4v) is 1.82. The number of amides is 1. The molecule has 0 atom stereocenters. The zero-order chi connectivity index (χ0) is 16.8. The molecule has 2 rings (SSSR count). The number of nitrogens with zero attached hydrogens (tertiary/aromatic N) is 2. The number of anilines is 2. The highest BCUT2D eigenvalue weighted by Crippen LogP contribution is 2.18. The second-order valence-corrected chi connectivity index (χ2v) is 5.45. The van der Waals surface area contributed by atoms with Crippen LogP contribution >= 0.6 is 0 Å². The molecule has 2 N–H and O–H groups in total. The number of aromatic nitrogens is 2. The second-order valence-electron chi connectivity index (χ2n) is 5.45. The summed E-state index contributed by atoms with van der Waals surface area (Å²) in [5, 5.41) is 5.25. The maximum Gasteiger partial charge on any atom is 0.276 e. The highest BCUT2D eigenvalue weighted by Gasteiger charge is 2.14. The lowest BCUT2D eigenvalue weighted by Gasteiger charge is -2.09. The summed E-state index contributed by atoms with van der Waals surface area (Å²) >= 11 is 0. The van der Waals surface area contributed by atoms with E-state index in [9.17, 15) is 13.6 Å². The molecule has 1 heterocycles. The molecule has 1 amide bonds. The molecule has 23 heavy (non-hydrogen) atoms. The molecule has 2 aromatic rings. The monoisotopic (exact) mass is 320 g/mol. The lowest BCUT2D eigenvalue weighted by atomic mass is 10.1. The van der Waals surface area contributed by atoms with Crippen molar-refractivity contribution in [3.05, 3.63) is 47.9 Å². The summed E-state index contributed by atoms with van der Waals surface area (Å²) in [6.07, 6.45) is 3.65. The van der Waals surface area contributed by atoms with Crippen LogP contribution in [0.1, 0.15) is 30.8 Å². The molecule has 0 aliphatic rings. The maximum atomic E-state index is 13.5. The van der Waals surface area contributed by atoms with E-state index in [1.807, 2.05) is 0 Å². The van der Waals surface area contributed by atoms with Crippen molar-refractivity contribution < 1.29 is 13.6 Å². The van der Waals surface area contributed by atoms with Gasteiger partial charge in [-0.1, -0.05) is 19.9 Å². The fourth-order valence-electron chi connectivity index (χ4n) is 1.82. The van der Waals surface area contributed by atoms with Crippen molar-refractivity contribution in [2.45, 2.75) is 20.3 Å². The Kier molecular flexibility index (Phi) is 5.56. The molecule has 0 bridgehead atoms. The molecule has 0 unspecified atom stereocenters. The Morgan fingerprint density at radius 2 is 1.87 bits per heavy atom. The van der Waals surface area contributed by atoms with Crippen molar-refractivity contribution in [3.8, 4) is 0 Å². The fraction of sp³-hybridized carbons (Fsp3) is 0.312. The van der Waals surface area contributed by atoms with Gasteiger partial charge in [-0.3, -0.25) is 4.79 Å². The molecule has 7 heteroatoms. The van der Waals surface area contributed by atoms with Gasteiger partial charge in [0.25, 0.3) is 5.91 Å². The number of carbonyl (C=O) groups is 1. The minimum absolute atomic E-state index is 0.0259. The quantitative estimate of drug-likeness (QED) is 0.855. The summed E-state index contributed by atoms with van der Waals surface area (Å²) in [6, 6.07) is 3.34. The van der Waals surface area contributed by atoms with Crippen molar-refractivity contribution in [3.63, 3.8) is 0 Å². The van der Waals surface area contributed by atoms with E-state index in [0.29, 0.717) is 11.7 Å². The highest BCUT2D eigenvalue weighted by atomic mass is 19.1. The van der Waals surface area contributed by atoms with Crippen LogP contribution < -0.4 is 10.6 Å². The summed E-state index contributed by atoms with van der Waals surface area (Å²) in [6.45, 7) is 4.98. The number of para-hydroxylation sites is 1. The molecule has 0 fully saturated rings. The van der Waals surface area contributed by atoms with Crippen LogP contribution in [-0.4, -0.2) is 22.4 Å². The summed E-state index contributed by atoms with van der Waals surface area (Å²) in [4.78, 5) is 20.0. The summed E-state index contributed by atoms with van der Waals surface area (Å²) < 4.78 is 27.0. The van der Waals surface area contributed by atoms with Crippen LogP contribution in [0.2, 0.25) is 0 Å². The summed E-state index contributed by atoms with van der Waals surface area (Å²) in [5.41, 5.74) is -0.527. The molecule has 0 aliphatic heterocycles. The smallest absolute Gasteiger partial charge is 0.276 e. The van der Waals surface area contributed by atoms with Crippen LogP contribution in [-0.2, 0) is 0 Å². The first-order valence-electron chi connectivity index (χ1n) is 7.28. The summed E-state index contributed by atoms with van der Waals surface area (Å²) in [7, 11) is 0. The summed E-state index contributed by atoms with van der Waals surface area (Å²) in [5.74, 6) is -1.32. The minimum Gasteiger partial charge on any atom is -0.369 e. The topological polar surface area (TPSA) is 66.9 Å². The van der Waals surface area contributed by atoms with E-state index in [1.54, 1.807) is 0 Å². The third-order valence-electron chi connectivity index (χ3n) is 3.11. The zero-order valence-electron chi connectivity index (χ0n) is 12.9. The van der Waals surface area contributed by atoms with Crippen molar-refractivity contribution in [2.75, 3.05) is 17.2 Å². The number of hydrogen-bond acceptors (Lipinski definition) is 4. The Morgan fingerprint density at radius 1 is 1.17 bits per heavy atom. The Hall–Kier alpha value is -2.57. The predicted octanol–water partition coefficient (Wildman–Crippen LogP) is 3.47. The van der Waals surface area contributed by atoms with Gasteiger partial charge in [0.2, 0.25) is 0 Å². The molecule has 0 aliphatic carbocycles. The van der Waals surface area contributed by atoms with Gasteiger partial charge < -0.3 is 10.6 Å². The standard InChI is InChI=1S/C16H18F2N4O/c1-10(2)6-7-19-14-9-20-13(8-21-14)16(23)22-15-11(17)4-3-5-12(15)18/h3-5,8-10H,6-7H2,1-2H3,(H,19,21)(H,22,23). The Balaban J connectivity index is 2.00. The zero-order valence-corrected chi connectivity index (χ0v) is 12.9. The van der Waals surface area contributed by atoms with Gasteiger partial charge in [-0.25, -0.2) is 18.7 Å². The van der Waals surface area contributed by atoms with Crippen LogP contribution in [0.3, 0.4) is 0 Å². The van der Waals surface area contributed by atoms with Crippen LogP contribution in [0.25, 0.3) is 0 Å². The van der Waals surface area contributed by atoms with Gasteiger partial charge in [-0.05, 0) is 24.5 Å². The van der Waals surface area contributed by atoms with E-state index < -0.39 is 23.2 Å². The van der Waals surface area contributed by atoms with Crippen molar-refractivity contribution in [2.24, 2.45) is 5.92 Å². The first kappa shape index (κ1) is 16.8. The Labute approximate surface area is 133 Å². The van der Waals surface area contributed by atoms with Crippen LogP contribution in [0.5, 0.6) is 0 Å². The van der Waals surface area contributed by atoms with E-state index in [4.69, 9.17) is 0 Å². The van der Waals surface area contributed by atoms with Crippen LogP contribution in [0, 0.1) is 17.6 Å². The molecule has 0 spiro atoms. The minimum atomic E-state index is -0.849. The van der Waals surface area contributed by atoms with E-state index in [1.165, 1.54) is 18.5 Å². The Bertz CT molecular complexity index is 654. The molecular formula is C16H18F2N4O. The van der Waals surface area contributed by atoms with E-state index in [0.717, 1.165) is 25.1 Å². The molecular weight excluding hydrogens is 302 g/mol. The normalized spacial score (nSPS) is 10.7. The molecule has 0 radical (unpaired) electrons. The van der Waals surface area contributed by atoms with Crippen LogP contribution in [0.15, 0.2) is 30.6 Å². The second kappa shape index (κ2) is 7.62. The average molecular weight is 320 g/mol. The van der Waals surface area contributed by atoms with Crippen molar-refractivity contribution in [1.29, 1.82) is 0 Å². The van der Waals surface area contributed by atoms with E-state index >= 15 is 0 Å². The molecule has 0 saturated heterocycles. The molecule has 1 aromatic heterocycles. The van der Waals surface area contributed by atoms with Gasteiger partial charge in [0.15, 0.2) is 0 Å².